The standard InChI is InChI=1S/C11H14ClN5O/c1-7-5-17(3-2-4-18-7)10-8-9(14-6-13-8)15-11(12)16-10/h6-7H,2-5H2,1H3,(H,13,14,15,16). The van der Waals surface area contributed by atoms with Crippen molar-refractivity contribution in [3.63, 3.8) is 0 Å². The van der Waals surface area contributed by atoms with Gasteiger partial charge in [0.15, 0.2) is 11.5 Å². The predicted molar refractivity (Wildman–Crippen MR) is 68.9 cm³/mol. The Morgan fingerprint density at radius 3 is 3.28 bits per heavy atom. The van der Waals surface area contributed by atoms with Crippen LogP contribution in [0.25, 0.3) is 11.2 Å². The molecule has 1 unspecified atom stereocenters. The van der Waals surface area contributed by atoms with E-state index in [-0.39, 0.29) is 11.4 Å². The zero-order valence-electron chi connectivity index (χ0n) is 10.1. The highest BCUT2D eigenvalue weighted by molar-refractivity contribution is 6.28. The number of hydrogen-bond acceptors (Lipinski definition) is 5. The Morgan fingerprint density at radius 2 is 2.39 bits per heavy atom. The van der Waals surface area contributed by atoms with E-state index in [0.29, 0.717) is 5.65 Å². The highest BCUT2D eigenvalue weighted by Gasteiger charge is 2.20. The molecule has 18 heavy (non-hydrogen) atoms. The van der Waals surface area contributed by atoms with Gasteiger partial charge in [0.1, 0.15) is 5.52 Å². The smallest absolute Gasteiger partial charge is 0.226 e. The number of rotatable bonds is 1. The second-order valence-corrected chi connectivity index (χ2v) is 4.74. The van der Waals surface area contributed by atoms with Crippen LogP contribution in [0.2, 0.25) is 5.28 Å². The zero-order chi connectivity index (χ0) is 12.5. The Balaban J connectivity index is 2.03. The molecule has 2 aromatic heterocycles. The number of H-pyrrole nitrogens is 1. The Labute approximate surface area is 109 Å². The van der Waals surface area contributed by atoms with E-state index in [1.54, 1.807) is 6.33 Å². The van der Waals surface area contributed by atoms with Gasteiger partial charge in [-0.1, -0.05) is 0 Å². The van der Waals surface area contributed by atoms with Crippen LogP contribution in [-0.4, -0.2) is 45.7 Å². The number of imidazole rings is 1. The van der Waals surface area contributed by atoms with Gasteiger partial charge < -0.3 is 14.6 Å². The SMILES string of the molecule is CC1CN(c2nc(Cl)nc3nc[nH]c23)CCCO1. The number of nitrogens with zero attached hydrogens (tertiary/aromatic N) is 4. The van der Waals surface area contributed by atoms with Crippen LogP contribution in [0.3, 0.4) is 0 Å². The number of hydrogen-bond donors (Lipinski definition) is 1. The first kappa shape index (κ1) is 11.7. The molecule has 1 aliphatic heterocycles. The van der Waals surface area contributed by atoms with Crippen LogP contribution in [0.5, 0.6) is 0 Å². The lowest BCUT2D eigenvalue weighted by Gasteiger charge is -2.23. The molecule has 0 spiro atoms. The van der Waals surface area contributed by atoms with Gasteiger partial charge in [-0.25, -0.2) is 4.98 Å². The Hall–Kier alpha value is -1.40. The van der Waals surface area contributed by atoms with Crippen LogP contribution in [0.4, 0.5) is 5.82 Å². The second kappa shape index (κ2) is 4.70. The van der Waals surface area contributed by atoms with Gasteiger partial charge >= 0.3 is 0 Å². The minimum atomic E-state index is 0.180. The van der Waals surface area contributed by atoms with Gasteiger partial charge in [0.2, 0.25) is 5.28 Å². The summed E-state index contributed by atoms with van der Waals surface area (Å²) in [5.41, 5.74) is 1.43. The molecule has 0 saturated carbocycles. The summed E-state index contributed by atoms with van der Waals surface area (Å²) in [6.45, 7) is 4.53. The van der Waals surface area contributed by atoms with E-state index in [1.807, 2.05) is 0 Å². The van der Waals surface area contributed by atoms with Crippen LogP contribution in [-0.2, 0) is 4.74 Å². The van der Waals surface area contributed by atoms with Crippen LogP contribution in [0.15, 0.2) is 6.33 Å². The Kier molecular flexibility index (Phi) is 3.05. The minimum Gasteiger partial charge on any atom is -0.377 e. The maximum atomic E-state index is 5.94. The van der Waals surface area contributed by atoms with E-state index in [1.165, 1.54) is 0 Å². The summed E-state index contributed by atoms with van der Waals surface area (Å²) in [6, 6.07) is 0. The minimum absolute atomic E-state index is 0.180. The molecule has 96 valence electrons. The fraction of sp³-hybridized carbons (Fsp3) is 0.545. The van der Waals surface area contributed by atoms with E-state index >= 15 is 0 Å². The summed E-state index contributed by atoms with van der Waals surface area (Å²) in [4.78, 5) is 17.8. The summed E-state index contributed by atoms with van der Waals surface area (Å²) in [5.74, 6) is 0.805. The summed E-state index contributed by atoms with van der Waals surface area (Å²) < 4.78 is 5.63. The third-order valence-electron chi connectivity index (χ3n) is 2.99. The molecular weight excluding hydrogens is 254 g/mol. The van der Waals surface area contributed by atoms with Gasteiger partial charge in [0, 0.05) is 19.7 Å². The molecular formula is C11H14ClN5O. The van der Waals surface area contributed by atoms with E-state index in [9.17, 15) is 0 Å². The van der Waals surface area contributed by atoms with E-state index in [2.05, 4.69) is 31.8 Å². The van der Waals surface area contributed by atoms with Crippen molar-refractivity contribution in [3.05, 3.63) is 11.6 Å². The van der Waals surface area contributed by atoms with Crippen molar-refractivity contribution >= 4 is 28.6 Å². The topological polar surface area (TPSA) is 66.9 Å². The molecule has 0 aliphatic carbocycles. The Bertz CT molecular complexity index is 557. The van der Waals surface area contributed by atoms with Gasteiger partial charge in [-0.3, -0.25) is 0 Å². The van der Waals surface area contributed by atoms with Gasteiger partial charge in [0.25, 0.3) is 0 Å². The molecule has 1 atom stereocenters. The first-order chi connectivity index (χ1) is 8.74. The van der Waals surface area contributed by atoms with Crippen LogP contribution < -0.4 is 4.90 Å². The third-order valence-corrected chi connectivity index (χ3v) is 3.16. The Morgan fingerprint density at radius 1 is 1.50 bits per heavy atom. The summed E-state index contributed by atoms with van der Waals surface area (Å²) in [7, 11) is 0. The average molecular weight is 268 g/mol. The number of ether oxygens (including phenoxy) is 1. The van der Waals surface area contributed by atoms with Gasteiger partial charge in [0.05, 0.1) is 12.4 Å². The molecule has 1 saturated heterocycles. The second-order valence-electron chi connectivity index (χ2n) is 4.40. The molecule has 7 heteroatoms. The predicted octanol–water partition coefficient (Wildman–Crippen LogP) is 1.62. The molecule has 3 heterocycles. The fourth-order valence-electron chi connectivity index (χ4n) is 2.21. The molecule has 1 N–H and O–H groups in total. The summed E-state index contributed by atoms with van der Waals surface area (Å²) in [6.07, 6.45) is 2.76. The molecule has 2 aromatic rings. The number of fused-ring (bicyclic) bond motifs is 1. The van der Waals surface area contributed by atoms with Crippen LogP contribution >= 0.6 is 11.6 Å². The van der Waals surface area contributed by atoms with E-state index in [4.69, 9.17) is 16.3 Å². The lowest BCUT2D eigenvalue weighted by Crippen LogP contribution is -2.31. The quantitative estimate of drug-likeness (QED) is 0.796. The van der Waals surface area contributed by atoms with Crippen molar-refractivity contribution in [2.75, 3.05) is 24.6 Å². The molecule has 3 rings (SSSR count). The maximum absolute atomic E-state index is 5.94. The fourth-order valence-corrected chi connectivity index (χ4v) is 2.37. The largest absolute Gasteiger partial charge is 0.377 e. The monoisotopic (exact) mass is 267 g/mol. The number of anilines is 1. The van der Waals surface area contributed by atoms with Crippen LogP contribution in [0, 0.1) is 0 Å². The number of halogens is 1. The molecule has 1 aliphatic rings. The molecule has 1 fully saturated rings. The average Bonchev–Trinajstić information content (AvgIpc) is 2.69. The highest BCUT2D eigenvalue weighted by atomic mass is 35.5. The zero-order valence-corrected chi connectivity index (χ0v) is 10.8. The third kappa shape index (κ3) is 2.13. The molecule has 6 nitrogen and oxygen atoms in total. The molecule has 0 amide bonds. The van der Waals surface area contributed by atoms with Crippen LogP contribution in [0.1, 0.15) is 13.3 Å². The van der Waals surface area contributed by atoms with Gasteiger partial charge in [-0.15, -0.1) is 0 Å². The number of aromatic nitrogens is 4. The van der Waals surface area contributed by atoms with Crippen molar-refractivity contribution in [2.24, 2.45) is 0 Å². The highest BCUT2D eigenvalue weighted by Crippen LogP contribution is 2.24. The van der Waals surface area contributed by atoms with Crippen molar-refractivity contribution < 1.29 is 4.74 Å². The molecule has 0 radical (unpaired) electrons. The van der Waals surface area contributed by atoms with Crippen molar-refractivity contribution in [3.8, 4) is 0 Å². The van der Waals surface area contributed by atoms with E-state index in [0.717, 1.165) is 37.5 Å². The molecule has 0 bridgehead atoms. The van der Waals surface area contributed by atoms with Crippen molar-refractivity contribution in [2.45, 2.75) is 19.4 Å². The van der Waals surface area contributed by atoms with Gasteiger partial charge in [-0.05, 0) is 24.9 Å². The number of nitrogens with one attached hydrogen (secondary N) is 1. The summed E-state index contributed by atoms with van der Waals surface area (Å²) >= 11 is 5.94. The van der Waals surface area contributed by atoms with E-state index < -0.39 is 0 Å². The normalized spacial score (nSPS) is 21.2. The maximum Gasteiger partial charge on any atom is 0.226 e. The molecule has 0 aromatic carbocycles. The first-order valence-corrected chi connectivity index (χ1v) is 6.35. The lowest BCUT2D eigenvalue weighted by atomic mass is 10.3. The number of aromatic amines is 1. The first-order valence-electron chi connectivity index (χ1n) is 5.97. The summed E-state index contributed by atoms with van der Waals surface area (Å²) in [5, 5.41) is 0.224. The van der Waals surface area contributed by atoms with Crippen molar-refractivity contribution in [1.29, 1.82) is 0 Å². The van der Waals surface area contributed by atoms with Crippen molar-refractivity contribution in [1.82, 2.24) is 19.9 Å². The van der Waals surface area contributed by atoms with Gasteiger partial charge in [-0.2, -0.15) is 9.97 Å². The lowest BCUT2D eigenvalue weighted by molar-refractivity contribution is 0.0820.